The topological polar surface area (TPSA) is 39.2 Å². The van der Waals surface area contributed by atoms with Gasteiger partial charge in [0, 0.05) is 16.7 Å². The Morgan fingerprint density at radius 2 is 1.34 bits per heavy atom. The van der Waals surface area contributed by atoms with E-state index in [9.17, 15) is 4.21 Å². The summed E-state index contributed by atoms with van der Waals surface area (Å²) in [5, 5.41) is 0.554. The molecule has 4 rings (SSSR count). The summed E-state index contributed by atoms with van der Waals surface area (Å²) in [5.74, 6) is 0. The van der Waals surface area contributed by atoms with Crippen molar-refractivity contribution in [2.75, 3.05) is 0 Å². The second-order valence-electron chi connectivity index (χ2n) is 6.61. The number of hydrogen-bond acceptors (Lipinski definition) is 3. The highest BCUT2D eigenvalue weighted by molar-refractivity contribution is 7.85. The molecule has 4 heteroatoms. The van der Waals surface area contributed by atoms with Crippen LogP contribution >= 0.6 is 0 Å². The van der Waals surface area contributed by atoms with Crippen molar-refractivity contribution in [1.29, 1.82) is 0 Å². The van der Waals surface area contributed by atoms with Crippen molar-refractivity contribution in [3.63, 3.8) is 0 Å². The first-order chi connectivity index (χ1) is 14.3. The Morgan fingerprint density at radius 1 is 0.690 bits per heavy atom. The van der Waals surface area contributed by atoms with Gasteiger partial charge in [0.2, 0.25) is 0 Å². The molecule has 0 aliphatic carbocycles. The van der Waals surface area contributed by atoms with Crippen molar-refractivity contribution in [2.24, 2.45) is 0 Å². The fraction of sp³-hybridized carbons (Fsp3) is 0.0800. The van der Waals surface area contributed by atoms with E-state index < -0.39 is 10.8 Å². The molecule has 29 heavy (non-hydrogen) atoms. The minimum atomic E-state index is -1.32. The van der Waals surface area contributed by atoms with Crippen LogP contribution in [-0.4, -0.2) is 9.19 Å². The molecule has 0 aliphatic heterocycles. The Labute approximate surface area is 173 Å². The van der Waals surface area contributed by atoms with Crippen molar-refractivity contribution in [3.05, 3.63) is 114 Å². The lowest BCUT2D eigenvalue weighted by atomic mass is 10.0. The first kappa shape index (κ1) is 19.2. The fourth-order valence-corrected chi connectivity index (χ4v) is 4.21. The lowest BCUT2D eigenvalue weighted by molar-refractivity contribution is 0.105. The summed E-state index contributed by atoms with van der Waals surface area (Å²) in [6, 6.07) is 31.8. The van der Waals surface area contributed by atoms with Gasteiger partial charge in [-0.1, -0.05) is 78.9 Å². The summed E-state index contributed by atoms with van der Waals surface area (Å²) < 4.78 is 18.8. The third-order valence-corrected chi connectivity index (χ3v) is 5.99. The van der Waals surface area contributed by atoms with E-state index in [0.717, 1.165) is 16.0 Å². The van der Waals surface area contributed by atoms with Crippen LogP contribution in [0.3, 0.4) is 0 Å². The molecule has 0 saturated carbocycles. The summed E-state index contributed by atoms with van der Waals surface area (Å²) in [6.07, 6.45) is 1.67. The van der Waals surface area contributed by atoms with Gasteiger partial charge in [0.05, 0.1) is 13.2 Å². The monoisotopic (exact) mass is 399 g/mol. The number of aromatic nitrogens is 1. The maximum atomic E-state index is 12.9. The Bertz CT molecular complexity index is 1080. The van der Waals surface area contributed by atoms with Crippen LogP contribution < -0.4 is 0 Å². The van der Waals surface area contributed by atoms with Gasteiger partial charge in [0.1, 0.15) is 15.8 Å². The lowest BCUT2D eigenvalue weighted by Gasteiger charge is -2.10. The highest BCUT2D eigenvalue weighted by atomic mass is 32.2. The van der Waals surface area contributed by atoms with Gasteiger partial charge in [0.25, 0.3) is 0 Å². The summed E-state index contributed by atoms with van der Waals surface area (Å²) in [7, 11) is -1.32. The van der Waals surface area contributed by atoms with Gasteiger partial charge in [-0.05, 0) is 34.9 Å². The first-order valence-electron chi connectivity index (χ1n) is 9.44. The Balaban J connectivity index is 1.41. The second kappa shape index (κ2) is 9.41. The molecule has 3 nitrogen and oxygen atoms in total. The molecule has 0 bridgehead atoms. The quantitative estimate of drug-likeness (QED) is 0.404. The van der Waals surface area contributed by atoms with Crippen LogP contribution in [0.25, 0.3) is 11.1 Å². The number of hydrogen-bond donors (Lipinski definition) is 0. The smallest absolute Gasteiger partial charge is 0.137 e. The van der Waals surface area contributed by atoms with E-state index >= 15 is 0 Å². The molecule has 0 amide bonds. The molecule has 3 aromatic carbocycles. The van der Waals surface area contributed by atoms with E-state index in [4.69, 9.17) is 4.74 Å². The molecule has 0 spiro atoms. The fourth-order valence-electron chi connectivity index (χ4n) is 3.06. The Kier molecular flexibility index (Phi) is 6.25. The Hall–Kier alpha value is -3.08. The number of ether oxygens (including phenoxy) is 1. The number of benzene rings is 3. The molecule has 1 unspecified atom stereocenters. The highest BCUT2D eigenvalue weighted by Gasteiger charge is 2.13. The lowest BCUT2D eigenvalue weighted by Crippen LogP contribution is -2.03. The molecule has 0 saturated heterocycles. The van der Waals surface area contributed by atoms with Crippen molar-refractivity contribution in [2.45, 2.75) is 23.1 Å². The second-order valence-corrected chi connectivity index (χ2v) is 8.00. The van der Waals surface area contributed by atoms with Crippen molar-refractivity contribution in [1.82, 2.24) is 4.98 Å². The SMILES string of the molecule is O=S(c1ccccc1)c1ncccc1COCc1ccc(-c2ccccc2)cc1. The number of nitrogens with zero attached hydrogens (tertiary/aromatic N) is 1. The van der Waals surface area contributed by atoms with E-state index in [0.29, 0.717) is 18.2 Å². The van der Waals surface area contributed by atoms with E-state index in [2.05, 4.69) is 41.4 Å². The molecule has 4 aromatic rings. The Morgan fingerprint density at radius 3 is 2.07 bits per heavy atom. The number of pyridine rings is 1. The zero-order valence-electron chi connectivity index (χ0n) is 15.9. The summed E-state index contributed by atoms with van der Waals surface area (Å²) in [4.78, 5) is 5.09. The molecule has 1 atom stereocenters. The van der Waals surface area contributed by atoms with Gasteiger partial charge in [-0.2, -0.15) is 0 Å². The third kappa shape index (κ3) is 4.86. The summed E-state index contributed by atoms with van der Waals surface area (Å²) in [6.45, 7) is 0.851. The molecular weight excluding hydrogens is 378 g/mol. The predicted octanol–water partition coefficient (Wildman–Crippen LogP) is 5.63. The van der Waals surface area contributed by atoms with Gasteiger partial charge < -0.3 is 4.74 Å². The molecule has 0 fully saturated rings. The van der Waals surface area contributed by atoms with E-state index in [-0.39, 0.29) is 0 Å². The minimum absolute atomic E-state index is 0.363. The zero-order chi connectivity index (χ0) is 19.9. The van der Waals surface area contributed by atoms with Crippen LogP contribution in [0.15, 0.2) is 113 Å². The van der Waals surface area contributed by atoms with Crippen molar-refractivity contribution >= 4 is 10.8 Å². The van der Waals surface area contributed by atoms with E-state index in [1.165, 1.54) is 11.1 Å². The molecule has 0 radical (unpaired) electrons. The molecule has 0 N–H and O–H groups in total. The first-order valence-corrected chi connectivity index (χ1v) is 10.6. The van der Waals surface area contributed by atoms with E-state index in [1.807, 2.05) is 60.7 Å². The van der Waals surface area contributed by atoms with Gasteiger partial charge in [0.15, 0.2) is 0 Å². The predicted molar refractivity (Wildman–Crippen MR) is 116 cm³/mol. The van der Waals surface area contributed by atoms with Crippen LogP contribution in [0.4, 0.5) is 0 Å². The summed E-state index contributed by atoms with van der Waals surface area (Å²) in [5.41, 5.74) is 4.32. The van der Waals surface area contributed by atoms with Gasteiger partial charge >= 0.3 is 0 Å². The molecule has 0 aliphatic rings. The average molecular weight is 400 g/mol. The standard InChI is InChI=1S/C25H21NO2S/c27-29(24-11-5-2-6-12-24)25-23(10-7-17-26-25)19-28-18-20-13-15-22(16-14-20)21-8-3-1-4-9-21/h1-17H,18-19H2. The normalized spacial score (nSPS) is 11.9. The van der Waals surface area contributed by atoms with Crippen LogP contribution in [0, 0.1) is 0 Å². The zero-order valence-corrected chi connectivity index (χ0v) is 16.7. The van der Waals surface area contributed by atoms with Gasteiger partial charge in [-0.25, -0.2) is 9.19 Å². The van der Waals surface area contributed by atoms with Gasteiger partial charge in [-0.3, -0.25) is 0 Å². The molecular formula is C25H21NO2S. The van der Waals surface area contributed by atoms with Crippen molar-refractivity contribution < 1.29 is 8.95 Å². The van der Waals surface area contributed by atoms with Crippen LogP contribution in [0.5, 0.6) is 0 Å². The largest absolute Gasteiger partial charge is 0.372 e. The average Bonchev–Trinajstić information content (AvgIpc) is 2.80. The van der Waals surface area contributed by atoms with Crippen LogP contribution in [0.1, 0.15) is 11.1 Å². The van der Waals surface area contributed by atoms with Crippen LogP contribution in [-0.2, 0) is 28.8 Å². The van der Waals surface area contributed by atoms with Gasteiger partial charge in [-0.15, -0.1) is 0 Å². The van der Waals surface area contributed by atoms with E-state index in [1.54, 1.807) is 6.20 Å². The maximum Gasteiger partial charge on any atom is 0.137 e. The molecule has 1 heterocycles. The third-order valence-electron chi connectivity index (χ3n) is 4.57. The molecule has 1 aromatic heterocycles. The summed E-state index contributed by atoms with van der Waals surface area (Å²) >= 11 is 0. The molecule has 144 valence electrons. The van der Waals surface area contributed by atoms with Crippen LogP contribution in [0.2, 0.25) is 0 Å². The number of rotatable bonds is 7. The maximum absolute atomic E-state index is 12.9. The van der Waals surface area contributed by atoms with Crippen molar-refractivity contribution in [3.8, 4) is 11.1 Å². The minimum Gasteiger partial charge on any atom is -0.372 e. The highest BCUT2D eigenvalue weighted by Crippen LogP contribution is 2.21.